The molecule has 24 heavy (non-hydrogen) atoms. The summed E-state index contributed by atoms with van der Waals surface area (Å²) < 4.78 is 10.8. The minimum absolute atomic E-state index is 0. The molecule has 132 valence electrons. The van der Waals surface area contributed by atoms with E-state index in [0.717, 1.165) is 28.7 Å². The summed E-state index contributed by atoms with van der Waals surface area (Å²) in [6, 6.07) is 15.6. The molecular weight excluding hydrogens is 328 g/mol. The predicted octanol–water partition coefficient (Wildman–Crippen LogP) is 4.24. The van der Waals surface area contributed by atoms with Gasteiger partial charge in [-0.2, -0.15) is 0 Å². The molecule has 2 aromatic rings. The third-order valence-electron chi connectivity index (χ3n) is 2.94. The fourth-order valence-electron chi connectivity index (χ4n) is 2.02. The molecule has 0 aromatic heterocycles. The zero-order valence-corrected chi connectivity index (χ0v) is 15.0. The number of nitrogens with one attached hydrogen (secondary N) is 1. The Kier molecular flexibility index (Phi) is 10.3. The number of anilines is 1. The molecule has 0 saturated carbocycles. The normalized spacial score (nSPS) is 10.2. The van der Waals surface area contributed by atoms with Crippen LogP contribution in [0.25, 0.3) is 0 Å². The number of halogens is 1. The average molecular weight is 353 g/mol. The minimum Gasteiger partial charge on any atom is -0.494 e. The number of hydrogen-bond acceptors (Lipinski definition) is 3. The first kappa shape index (κ1) is 21.8. The first-order chi connectivity index (χ1) is 10.7. The van der Waals surface area contributed by atoms with E-state index in [1.807, 2.05) is 69.3 Å². The lowest BCUT2D eigenvalue weighted by atomic mass is 10.3. The van der Waals surface area contributed by atoms with E-state index in [1.165, 1.54) is 0 Å². The maximum absolute atomic E-state index is 5.42. The van der Waals surface area contributed by atoms with E-state index in [1.54, 1.807) is 0 Å². The Hall–Kier alpha value is -2.24. The second kappa shape index (κ2) is 11.3. The van der Waals surface area contributed by atoms with Gasteiger partial charge in [0, 0.05) is 5.69 Å². The summed E-state index contributed by atoms with van der Waals surface area (Å²) in [6.07, 6.45) is 0. The third kappa shape index (κ3) is 6.89. The predicted molar refractivity (Wildman–Crippen MR) is 102 cm³/mol. The summed E-state index contributed by atoms with van der Waals surface area (Å²) in [5, 5.41) is 3.26. The smallest absolute Gasteiger partial charge is 0.119 e. The topological polar surface area (TPSA) is 74.3 Å². The van der Waals surface area contributed by atoms with Crippen LogP contribution in [-0.4, -0.2) is 24.5 Å². The molecular formula is C18H25ClN2O3. The lowest BCUT2D eigenvalue weighted by molar-refractivity contribution is 0.340. The zero-order chi connectivity index (χ0) is 15.8. The molecule has 2 aromatic carbocycles. The van der Waals surface area contributed by atoms with E-state index in [0.29, 0.717) is 13.2 Å². The van der Waals surface area contributed by atoms with Crippen LogP contribution in [0.2, 0.25) is 0 Å². The monoisotopic (exact) mass is 352 g/mol. The van der Waals surface area contributed by atoms with Crippen LogP contribution in [-0.2, 0) is 0 Å². The van der Waals surface area contributed by atoms with Crippen molar-refractivity contribution in [1.82, 2.24) is 0 Å². The van der Waals surface area contributed by atoms with E-state index >= 15 is 0 Å². The molecule has 0 amide bonds. The summed E-state index contributed by atoms with van der Waals surface area (Å²) in [5.41, 5.74) is 1.87. The van der Waals surface area contributed by atoms with Gasteiger partial charge in [0.25, 0.3) is 0 Å². The van der Waals surface area contributed by atoms with Gasteiger partial charge in [-0.1, -0.05) is 0 Å². The zero-order valence-electron chi connectivity index (χ0n) is 14.2. The van der Waals surface area contributed by atoms with Gasteiger partial charge in [-0.15, -0.1) is 12.4 Å². The number of amidine groups is 1. The summed E-state index contributed by atoms with van der Waals surface area (Å²) in [4.78, 5) is 4.53. The van der Waals surface area contributed by atoms with Crippen LogP contribution in [0.15, 0.2) is 53.5 Å². The SMILES string of the molecule is CCOc1ccc(N=C(C)Nc2ccc(OCC)cc2)cc1.Cl.O. The summed E-state index contributed by atoms with van der Waals surface area (Å²) in [5.74, 6) is 2.56. The first-order valence-corrected chi connectivity index (χ1v) is 7.49. The van der Waals surface area contributed by atoms with E-state index in [-0.39, 0.29) is 17.9 Å². The second-order valence-electron chi connectivity index (χ2n) is 4.71. The third-order valence-corrected chi connectivity index (χ3v) is 2.94. The van der Waals surface area contributed by atoms with Crippen molar-refractivity contribution < 1.29 is 14.9 Å². The van der Waals surface area contributed by atoms with Gasteiger partial charge in [0.15, 0.2) is 0 Å². The van der Waals surface area contributed by atoms with Crippen LogP contribution in [0.4, 0.5) is 11.4 Å². The number of aliphatic imine (C=N–C) groups is 1. The van der Waals surface area contributed by atoms with Gasteiger partial charge in [0.1, 0.15) is 17.3 Å². The molecule has 2 rings (SSSR count). The Labute approximate surface area is 149 Å². The van der Waals surface area contributed by atoms with Gasteiger partial charge < -0.3 is 20.3 Å². The van der Waals surface area contributed by atoms with Gasteiger partial charge in [-0.25, -0.2) is 4.99 Å². The summed E-state index contributed by atoms with van der Waals surface area (Å²) in [7, 11) is 0. The van der Waals surface area contributed by atoms with Crippen molar-refractivity contribution in [1.29, 1.82) is 0 Å². The van der Waals surface area contributed by atoms with E-state index in [2.05, 4.69) is 10.3 Å². The minimum atomic E-state index is 0. The Bertz CT molecular complexity index is 613. The second-order valence-corrected chi connectivity index (χ2v) is 4.71. The number of nitrogens with zero attached hydrogens (tertiary/aromatic N) is 1. The number of hydrogen-bond donors (Lipinski definition) is 1. The Morgan fingerprint density at radius 1 is 0.875 bits per heavy atom. The quantitative estimate of drug-likeness (QED) is 0.624. The standard InChI is InChI=1S/C18H22N2O2.ClH.H2O/c1-4-21-17-10-6-15(7-11-17)19-14(3)20-16-8-12-18(13-9-16)22-5-2;;/h6-13H,4-5H2,1-3H3,(H,19,20);1H;1H2. The highest BCUT2D eigenvalue weighted by atomic mass is 35.5. The van der Waals surface area contributed by atoms with Crippen molar-refractivity contribution >= 4 is 29.6 Å². The van der Waals surface area contributed by atoms with Crippen LogP contribution in [0.5, 0.6) is 11.5 Å². The van der Waals surface area contributed by atoms with E-state index < -0.39 is 0 Å². The molecule has 6 heteroatoms. The lowest BCUT2D eigenvalue weighted by Gasteiger charge is -2.08. The molecule has 0 aliphatic rings. The molecule has 0 spiro atoms. The molecule has 0 fully saturated rings. The molecule has 0 aliphatic carbocycles. The van der Waals surface area contributed by atoms with Gasteiger partial charge >= 0.3 is 0 Å². The van der Waals surface area contributed by atoms with Crippen molar-refractivity contribution in [2.24, 2.45) is 4.99 Å². The molecule has 5 nitrogen and oxygen atoms in total. The molecule has 0 bridgehead atoms. The Balaban J connectivity index is 0.00000264. The van der Waals surface area contributed by atoms with Gasteiger partial charge in [0.05, 0.1) is 18.9 Å². The number of rotatable bonds is 6. The van der Waals surface area contributed by atoms with Crippen LogP contribution in [0, 0.1) is 0 Å². The van der Waals surface area contributed by atoms with Crippen LogP contribution >= 0.6 is 12.4 Å². The van der Waals surface area contributed by atoms with Crippen LogP contribution in [0.3, 0.4) is 0 Å². The molecule has 0 unspecified atom stereocenters. The summed E-state index contributed by atoms with van der Waals surface area (Å²) in [6.45, 7) is 7.22. The molecule has 0 aliphatic heterocycles. The fraction of sp³-hybridized carbons (Fsp3) is 0.278. The lowest BCUT2D eigenvalue weighted by Crippen LogP contribution is -2.06. The molecule has 0 heterocycles. The van der Waals surface area contributed by atoms with E-state index in [9.17, 15) is 0 Å². The van der Waals surface area contributed by atoms with Gasteiger partial charge in [-0.3, -0.25) is 0 Å². The van der Waals surface area contributed by atoms with Crippen molar-refractivity contribution in [2.45, 2.75) is 20.8 Å². The van der Waals surface area contributed by atoms with Crippen LogP contribution in [0.1, 0.15) is 20.8 Å². The van der Waals surface area contributed by atoms with Crippen molar-refractivity contribution in [3.63, 3.8) is 0 Å². The molecule has 0 saturated heterocycles. The highest BCUT2D eigenvalue weighted by molar-refractivity contribution is 5.95. The van der Waals surface area contributed by atoms with Crippen molar-refractivity contribution in [3.8, 4) is 11.5 Å². The number of benzene rings is 2. The maximum Gasteiger partial charge on any atom is 0.119 e. The van der Waals surface area contributed by atoms with Crippen molar-refractivity contribution in [2.75, 3.05) is 18.5 Å². The first-order valence-electron chi connectivity index (χ1n) is 7.49. The highest BCUT2D eigenvalue weighted by Crippen LogP contribution is 2.19. The Morgan fingerprint density at radius 3 is 1.79 bits per heavy atom. The maximum atomic E-state index is 5.42. The molecule has 0 radical (unpaired) electrons. The molecule has 0 atom stereocenters. The largest absolute Gasteiger partial charge is 0.494 e. The molecule has 3 N–H and O–H groups in total. The van der Waals surface area contributed by atoms with Gasteiger partial charge in [-0.05, 0) is 69.3 Å². The Morgan fingerprint density at radius 2 is 1.33 bits per heavy atom. The summed E-state index contributed by atoms with van der Waals surface area (Å²) >= 11 is 0. The average Bonchev–Trinajstić information content (AvgIpc) is 2.52. The highest BCUT2D eigenvalue weighted by Gasteiger charge is 1.98. The van der Waals surface area contributed by atoms with Crippen LogP contribution < -0.4 is 14.8 Å². The fourth-order valence-corrected chi connectivity index (χ4v) is 2.02. The van der Waals surface area contributed by atoms with Gasteiger partial charge in [0.2, 0.25) is 0 Å². The van der Waals surface area contributed by atoms with Crippen molar-refractivity contribution in [3.05, 3.63) is 48.5 Å². The van der Waals surface area contributed by atoms with E-state index in [4.69, 9.17) is 9.47 Å². The number of ether oxygens (including phenoxy) is 2.